The number of hydrogen-bond donors (Lipinski definition) is 0. The number of rotatable bonds is 6. The van der Waals surface area contributed by atoms with Crippen LogP contribution in [0.5, 0.6) is 0 Å². The van der Waals surface area contributed by atoms with E-state index in [1.54, 1.807) is 0 Å². The van der Waals surface area contributed by atoms with Gasteiger partial charge in [0.25, 0.3) is 0 Å². The molecule has 1 heterocycles. The Labute approximate surface area is 329 Å². The zero-order valence-electron chi connectivity index (χ0n) is 30.4. The van der Waals surface area contributed by atoms with Gasteiger partial charge in [0, 0.05) is 26.7 Å². The molecule has 0 unspecified atom stereocenters. The fraction of sp³-hybridized carbons (Fsp3) is 0.0189. The molecule has 0 aliphatic heterocycles. The third kappa shape index (κ3) is 4.84. The number of hydrogen-bond acceptors (Lipinski definition) is 2. The maximum absolute atomic E-state index is 13.9. The lowest BCUT2D eigenvalue weighted by atomic mass is 9.68. The maximum Gasteiger partial charge on any atom is 0.123 e. The minimum absolute atomic E-state index is 0.235. The van der Waals surface area contributed by atoms with Crippen molar-refractivity contribution in [3.05, 3.63) is 234 Å². The van der Waals surface area contributed by atoms with Crippen molar-refractivity contribution in [1.82, 2.24) is 0 Å². The third-order valence-electron chi connectivity index (χ3n) is 11.6. The van der Waals surface area contributed by atoms with Gasteiger partial charge in [0.1, 0.15) is 5.82 Å². The smallest absolute Gasteiger partial charge is 0.123 e. The van der Waals surface area contributed by atoms with E-state index in [1.165, 1.54) is 76.5 Å². The summed E-state index contributed by atoms with van der Waals surface area (Å²) < 4.78 is 16.5. The Morgan fingerprint density at radius 2 is 0.982 bits per heavy atom. The molecule has 1 aromatic heterocycles. The van der Waals surface area contributed by atoms with Crippen LogP contribution in [-0.4, -0.2) is 0 Å². The average Bonchev–Trinajstić information content (AvgIpc) is 3.80. The van der Waals surface area contributed by atoms with Crippen LogP contribution < -0.4 is 4.90 Å². The van der Waals surface area contributed by atoms with Gasteiger partial charge in [-0.15, -0.1) is 11.3 Å². The quantitative estimate of drug-likeness (QED) is 0.164. The van der Waals surface area contributed by atoms with E-state index in [0.717, 1.165) is 28.2 Å². The monoisotopic (exact) mass is 735 g/mol. The molecule has 1 aliphatic rings. The molecule has 0 bridgehead atoms. The van der Waals surface area contributed by atoms with E-state index in [4.69, 9.17) is 0 Å². The maximum atomic E-state index is 13.9. The highest BCUT2D eigenvalue weighted by atomic mass is 32.1. The van der Waals surface area contributed by atoms with E-state index in [9.17, 15) is 4.39 Å². The largest absolute Gasteiger partial charge is 0.308 e. The van der Waals surface area contributed by atoms with Gasteiger partial charge < -0.3 is 4.90 Å². The van der Waals surface area contributed by atoms with E-state index in [1.807, 2.05) is 23.5 Å². The van der Waals surface area contributed by atoms with Crippen molar-refractivity contribution in [2.75, 3.05) is 4.90 Å². The van der Waals surface area contributed by atoms with Crippen LogP contribution in [-0.2, 0) is 5.41 Å². The molecular formula is C53H34FNS. The van der Waals surface area contributed by atoms with Crippen LogP contribution in [0.15, 0.2) is 206 Å². The van der Waals surface area contributed by atoms with Crippen molar-refractivity contribution in [1.29, 1.82) is 0 Å². The Kier molecular flexibility index (Phi) is 7.51. The lowest BCUT2D eigenvalue weighted by Gasteiger charge is -2.34. The summed E-state index contributed by atoms with van der Waals surface area (Å²) >= 11 is 1.87. The van der Waals surface area contributed by atoms with Crippen LogP contribution in [0.3, 0.4) is 0 Å². The van der Waals surface area contributed by atoms with Crippen molar-refractivity contribution in [3.8, 4) is 22.3 Å². The van der Waals surface area contributed by atoms with Crippen LogP contribution in [0.4, 0.5) is 21.5 Å². The number of nitrogens with zero attached hydrogens (tertiary/aromatic N) is 1. The highest BCUT2D eigenvalue weighted by Gasteiger charge is 2.47. The van der Waals surface area contributed by atoms with E-state index in [2.05, 4.69) is 187 Å². The van der Waals surface area contributed by atoms with Crippen molar-refractivity contribution in [2.45, 2.75) is 5.41 Å². The third-order valence-corrected chi connectivity index (χ3v) is 12.9. The molecule has 264 valence electrons. The van der Waals surface area contributed by atoms with Gasteiger partial charge in [-0.2, -0.15) is 0 Å². The Bertz CT molecular complexity index is 3040. The first-order valence-electron chi connectivity index (χ1n) is 19.0. The van der Waals surface area contributed by atoms with Crippen molar-refractivity contribution < 1.29 is 4.39 Å². The van der Waals surface area contributed by atoms with E-state index in [0.29, 0.717) is 0 Å². The van der Waals surface area contributed by atoms with Crippen LogP contribution in [0.1, 0.15) is 22.3 Å². The minimum atomic E-state index is -0.523. The zero-order valence-corrected chi connectivity index (χ0v) is 31.2. The van der Waals surface area contributed by atoms with Crippen molar-refractivity contribution in [2.24, 2.45) is 0 Å². The lowest BCUT2D eigenvalue weighted by Crippen LogP contribution is -2.28. The van der Waals surface area contributed by atoms with Crippen molar-refractivity contribution in [3.63, 3.8) is 0 Å². The van der Waals surface area contributed by atoms with Gasteiger partial charge in [0.05, 0.1) is 21.5 Å². The second-order valence-electron chi connectivity index (χ2n) is 14.5. The topological polar surface area (TPSA) is 3.24 Å². The molecule has 1 aliphatic carbocycles. The molecule has 1 nitrogen and oxygen atoms in total. The fourth-order valence-electron chi connectivity index (χ4n) is 9.20. The van der Waals surface area contributed by atoms with E-state index in [-0.39, 0.29) is 5.82 Å². The number of thiophene rings is 1. The fourth-order valence-corrected chi connectivity index (χ4v) is 10.5. The number of halogens is 1. The second-order valence-corrected chi connectivity index (χ2v) is 15.6. The molecule has 11 rings (SSSR count). The predicted octanol–water partition coefficient (Wildman–Crippen LogP) is 14.8. The highest BCUT2D eigenvalue weighted by Crippen LogP contribution is 2.60. The number of fused-ring (bicyclic) bond motifs is 8. The second kappa shape index (κ2) is 12.9. The number of anilines is 3. The van der Waals surface area contributed by atoms with Gasteiger partial charge in [0.15, 0.2) is 0 Å². The molecule has 0 atom stereocenters. The molecule has 10 aromatic rings. The standard InChI is InChI=1S/C53H34FNS/c54-40-30-25-35(26-31-40)36-27-32-41(33-28-36)55(49-24-11-20-43-44-34-29-37-13-7-8-18-42(37)51(44)56-52(43)49)48-23-12-22-47-50(48)45-19-9-10-21-46(45)53(47,38-14-3-1-4-15-38)39-16-5-2-6-17-39/h1-34H. The Morgan fingerprint density at radius 3 is 1.73 bits per heavy atom. The zero-order chi connectivity index (χ0) is 37.2. The molecule has 0 radical (unpaired) electrons. The van der Waals surface area contributed by atoms with Crippen LogP contribution >= 0.6 is 11.3 Å². The summed E-state index contributed by atoms with van der Waals surface area (Å²) in [5, 5.41) is 5.04. The first-order chi connectivity index (χ1) is 27.7. The summed E-state index contributed by atoms with van der Waals surface area (Å²) in [5.74, 6) is -0.235. The first kappa shape index (κ1) is 32.6. The molecule has 56 heavy (non-hydrogen) atoms. The molecule has 0 spiro atoms. The molecule has 0 N–H and O–H groups in total. The minimum Gasteiger partial charge on any atom is -0.308 e. The van der Waals surface area contributed by atoms with E-state index >= 15 is 0 Å². The Morgan fingerprint density at radius 1 is 0.411 bits per heavy atom. The summed E-state index contributed by atoms with van der Waals surface area (Å²) in [4.78, 5) is 2.47. The highest BCUT2D eigenvalue weighted by molar-refractivity contribution is 7.27. The molecule has 0 fully saturated rings. The molecule has 0 amide bonds. The molecule has 0 saturated heterocycles. The predicted molar refractivity (Wildman–Crippen MR) is 234 cm³/mol. The summed E-state index contributed by atoms with van der Waals surface area (Å²) in [6, 6.07) is 73.2. The number of benzene rings is 9. The van der Waals surface area contributed by atoms with E-state index < -0.39 is 5.41 Å². The molecule has 3 heteroatoms. The Balaban J connectivity index is 1.22. The first-order valence-corrected chi connectivity index (χ1v) is 19.9. The SMILES string of the molecule is Fc1ccc(-c2ccc(N(c3cccc4c3-c3ccccc3C4(c3ccccc3)c3ccccc3)c3cccc4c3sc3c5ccccc5ccc43)cc2)cc1. The van der Waals surface area contributed by atoms with Gasteiger partial charge in [0.2, 0.25) is 0 Å². The lowest BCUT2D eigenvalue weighted by molar-refractivity contribution is 0.628. The van der Waals surface area contributed by atoms with Crippen LogP contribution in [0, 0.1) is 5.82 Å². The van der Waals surface area contributed by atoms with Crippen LogP contribution in [0.25, 0.3) is 53.2 Å². The summed E-state index contributed by atoms with van der Waals surface area (Å²) in [7, 11) is 0. The van der Waals surface area contributed by atoms with Gasteiger partial charge >= 0.3 is 0 Å². The molecule has 9 aromatic carbocycles. The summed E-state index contributed by atoms with van der Waals surface area (Å²) in [5.41, 5.74) is 12.3. The molecule has 0 saturated carbocycles. The molecular weight excluding hydrogens is 702 g/mol. The van der Waals surface area contributed by atoms with Gasteiger partial charge in [-0.3, -0.25) is 0 Å². The summed E-state index contributed by atoms with van der Waals surface area (Å²) in [6.45, 7) is 0. The van der Waals surface area contributed by atoms with Crippen molar-refractivity contribution >= 4 is 59.3 Å². The summed E-state index contributed by atoms with van der Waals surface area (Å²) in [6.07, 6.45) is 0. The van der Waals surface area contributed by atoms with Crippen LogP contribution in [0.2, 0.25) is 0 Å². The Hall–Kier alpha value is -6.81. The van der Waals surface area contributed by atoms with Gasteiger partial charge in [-0.05, 0) is 86.1 Å². The van der Waals surface area contributed by atoms with Gasteiger partial charge in [-0.25, -0.2) is 4.39 Å². The van der Waals surface area contributed by atoms with Gasteiger partial charge in [-0.1, -0.05) is 170 Å². The normalized spacial score (nSPS) is 12.9. The average molecular weight is 736 g/mol.